The number of benzene rings is 6. The Hall–Kier alpha value is -7.96. The number of H-pyrrole nitrogens is 2. The topological polar surface area (TPSA) is 97.8 Å². The van der Waals surface area contributed by atoms with Gasteiger partial charge in [0.05, 0.1) is 22.8 Å². The van der Waals surface area contributed by atoms with Crippen LogP contribution in [0.5, 0.6) is 11.5 Å². The highest BCUT2D eigenvalue weighted by Gasteiger charge is 2.22. The molecule has 274 valence electrons. The Bertz CT molecular complexity index is 3130. The second-order valence-corrected chi connectivity index (χ2v) is 14.6. The molecule has 2 aliphatic rings. The highest BCUT2D eigenvalue weighted by atomic mass is 16.3. The van der Waals surface area contributed by atoms with Crippen LogP contribution in [-0.2, 0) is 0 Å². The quantitative estimate of drug-likeness (QED) is 0.144. The molecule has 0 atom stereocenters. The molecular formula is C52H34N4O2. The fourth-order valence-corrected chi connectivity index (χ4v) is 8.59. The van der Waals surface area contributed by atoms with Crippen LogP contribution in [0.2, 0.25) is 0 Å². The minimum atomic E-state index is 0.166. The first kappa shape index (κ1) is 33.4. The van der Waals surface area contributed by atoms with E-state index in [0.29, 0.717) is 22.5 Å². The number of nitrogens with one attached hydrogen (secondary N) is 2. The van der Waals surface area contributed by atoms with Crippen molar-refractivity contribution in [1.82, 2.24) is 19.9 Å². The summed E-state index contributed by atoms with van der Waals surface area (Å²) in [6.07, 6.45) is 8.18. The molecule has 0 saturated heterocycles. The third-order valence-corrected chi connectivity index (χ3v) is 11.2. The van der Waals surface area contributed by atoms with Gasteiger partial charge in [0.25, 0.3) is 0 Å². The van der Waals surface area contributed by atoms with E-state index in [1.165, 1.54) is 0 Å². The normalized spacial score (nSPS) is 12.1. The van der Waals surface area contributed by atoms with Crippen LogP contribution in [-0.4, -0.2) is 30.1 Å². The van der Waals surface area contributed by atoms with Gasteiger partial charge in [0, 0.05) is 55.4 Å². The Labute approximate surface area is 333 Å². The van der Waals surface area contributed by atoms with Crippen molar-refractivity contribution >= 4 is 67.9 Å². The minimum absolute atomic E-state index is 0.166. The predicted molar refractivity (Wildman–Crippen MR) is 239 cm³/mol. The third kappa shape index (κ3) is 5.42. The van der Waals surface area contributed by atoms with Crippen LogP contribution in [0.3, 0.4) is 0 Å². The van der Waals surface area contributed by atoms with E-state index in [0.717, 1.165) is 88.4 Å². The zero-order valence-corrected chi connectivity index (χ0v) is 31.1. The molecule has 9 aromatic rings. The van der Waals surface area contributed by atoms with Crippen LogP contribution in [0.4, 0.5) is 0 Å². The molecule has 3 aromatic heterocycles. The molecule has 5 heterocycles. The van der Waals surface area contributed by atoms with Crippen molar-refractivity contribution in [2.45, 2.75) is 0 Å². The van der Waals surface area contributed by atoms with E-state index >= 15 is 0 Å². The van der Waals surface area contributed by atoms with Crippen LogP contribution in [0.1, 0.15) is 22.8 Å². The number of aromatic hydroxyl groups is 2. The molecule has 4 N–H and O–H groups in total. The number of phenols is 2. The van der Waals surface area contributed by atoms with Gasteiger partial charge in [-0.15, -0.1) is 0 Å². The van der Waals surface area contributed by atoms with E-state index in [4.69, 9.17) is 9.97 Å². The van der Waals surface area contributed by atoms with Gasteiger partial charge in [0.1, 0.15) is 11.5 Å². The van der Waals surface area contributed by atoms with Crippen LogP contribution in [0, 0.1) is 0 Å². The second kappa shape index (κ2) is 13.4. The number of phenolic OH excluding ortho intramolecular Hbond substituents is 2. The molecular weight excluding hydrogens is 713 g/mol. The fraction of sp³-hybridized carbons (Fsp3) is 0. The first-order chi connectivity index (χ1) is 28.6. The van der Waals surface area contributed by atoms with Crippen molar-refractivity contribution < 1.29 is 10.2 Å². The van der Waals surface area contributed by atoms with Crippen molar-refractivity contribution in [3.63, 3.8) is 0 Å². The summed E-state index contributed by atoms with van der Waals surface area (Å²) in [7, 11) is 0. The summed E-state index contributed by atoms with van der Waals surface area (Å²) >= 11 is 0. The molecule has 0 saturated carbocycles. The first-order valence-electron chi connectivity index (χ1n) is 19.3. The summed E-state index contributed by atoms with van der Waals surface area (Å²) in [5.41, 5.74) is 13.0. The Morgan fingerprint density at radius 3 is 1.07 bits per heavy atom. The van der Waals surface area contributed by atoms with Crippen LogP contribution in [0.15, 0.2) is 158 Å². The van der Waals surface area contributed by atoms with Gasteiger partial charge < -0.3 is 20.2 Å². The number of aromatic nitrogens is 4. The standard InChI is InChI=1S/C52H34N4O2/c57-45-29-19-31-11-7-9-17-35(31)49(45)51-41-25-21-37(53-41)47(33-13-3-1-4-14-33)38-22-26-42(54-38)52(50-36-18-10-8-12-32(36)20-30-46(50)58)44-28-24-40(56-44)48(34-15-5-2-6-16-34)39-23-27-43(51)55-39/h1-30,53,56-58H. The average Bonchev–Trinajstić information content (AvgIpc) is 4.11. The van der Waals surface area contributed by atoms with Gasteiger partial charge in [-0.1, -0.05) is 121 Å². The molecule has 0 unspecified atom stereocenters. The molecule has 58 heavy (non-hydrogen) atoms. The number of hydrogen-bond acceptors (Lipinski definition) is 4. The molecule has 11 rings (SSSR count). The van der Waals surface area contributed by atoms with Gasteiger partial charge in [-0.2, -0.15) is 0 Å². The smallest absolute Gasteiger partial charge is 0.124 e. The first-order valence-corrected chi connectivity index (χ1v) is 19.3. The zero-order valence-electron chi connectivity index (χ0n) is 31.1. The van der Waals surface area contributed by atoms with Crippen LogP contribution in [0.25, 0.3) is 112 Å². The molecule has 2 aliphatic heterocycles. The van der Waals surface area contributed by atoms with E-state index in [1.54, 1.807) is 12.1 Å². The number of hydrogen-bond donors (Lipinski definition) is 4. The largest absolute Gasteiger partial charge is 0.507 e. The van der Waals surface area contributed by atoms with Crippen LogP contribution < -0.4 is 0 Å². The maximum Gasteiger partial charge on any atom is 0.124 e. The summed E-state index contributed by atoms with van der Waals surface area (Å²) in [5, 5.41) is 27.3. The van der Waals surface area contributed by atoms with E-state index in [1.807, 2.05) is 97.1 Å². The lowest BCUT2D eigenvalue weighted by Gasteiger charge is -2.11. The number of nitrogens with zero attached hydrogens (tertiary/aromatic N) is 2. The van der Waals surface area contributed by atoms with Gasteiger partial charge in [-0.3, -0.25) is 0 Å². The Morgan fingerprint density at radius 2 is 0.655 bits per heavy atom. The van der Waals surface area contributed by atoms with E-state index in [2.05, 4.69) is 82.8 Å². The van der Waals surface area contributed by atoms with E-state index in [9.17, 15) is 10.2 Å². The monoisotopic (exact) mass is 746 g/mol. The average molecular weight is 747 g/mol. The van der Waals surface area contributed by atoms with Gasteiger partial charge in [0.15, 0.2) is 0 Å². The maximum absolute atomic E-state index is 11.7. The van der Waals surface area contributed by atoms with Crippen molar-refractivity contribution in [1.29, 1.82) is 0 Å². The van der Waals surface area contributed by atoms with Gasteiger partial charge >= 0.3 is 0 Å². The summed E-state index contributed by atoms with van der Waals surface area (Å²) in [6, 6.07) is 52.4. The molecule has 6 heteroatoms. The second-order valence-electron chi connectivity index (χ2n) is 14.6. The highest BCUT2D eigenvalue weighted by Crippen LogP contribution is 2.44. The lowest BCUT2D eigenvalue weighted by Crippen LogP contribution is -1.91. The summed E-state index contributed by atoms with van der Waals surface area (Å²) in [4.78, 5) is 18.4. The Balaban J connectivity index is 1.36. The summed E-state index contributed by atoms with van der Waals surface area (Å²) in [5.74, 6) is 0.332. The third-order valence-electron chi connectivity index (χ3n) is 11.2. The van der Waals surface area contributed by atoms with E-state index < -0.39 is 0 Å². The van der Waals surface area contributed by atoms with Crippen LogP contribution >= 0.6 is 0 Å². The Kier molecular flexibility index (Phi) is 7.69. The zero-order chi connectivity index (χ0) is 38.7. The van der Waals surface area contributed by atoms with Crippen molar-refractivity contribution in [2.75, 3.05) is 0 Å². The molecule has 0 amide bonds. The lowest BCUT2D eigenvalue weighted by atomic mass is 9.96. The molecule has 0 fully saturated rings. The Morgan fingerprint density at radius 1 is 0.310 bits per heavy atom. The molecule has 6 nitrogen and oxygen atoms in total. The molecule has 0 radical (unpaired) electrons. The highest BCUT2D eigenvalue weighted by molar-refractivity contribution is 6.09. The predicted octanol–water partition coefficient (Wildman–Crippen LogP) is 13.0. The molecule has 6 aromatic carbocycles. The molecule has 0 aliphatic carbocycles. The van der Waals surface area contributed by atoms with E-state index in [-0.39, 0.29) is 11.5 Å². The number of rotatable bonds is 4. The minimum Gasteiger partial charge on any atom is -0.507 e. The number of aromatic amines is 2. The number of fused-ring (bicyclic) bond motifs is 10. The van der Waals surface area contributed by atoms with Gasteiger partial charge in [-0.05, 0) is 93.4 Å². The lowest BCUT2D eigenvalue weighted by molar-refractivity contribution is 0.477. The maximum atomic E-state index is 11.7. The SMILES string of the molecule is Oc1ccc2ccccc2c1-c1c2nc(c(-c3ccccc3)c3ccc([nH]3)c(-c3c(O)ccc4ccccc34)c3nc(c(-c4ccccc4)c4ccc1[nH]4)C=C3)C=C2. The fourth-order valence-electron chi connectivity index (χ4n) is 8.59. The molecule has 8 bridgehead atoms. The summed E-state index contributed by atoms with van der Waals surface area (Å²) < 4.78 is 0. The van der Waals surface area contributed by atoms with Gasteiger partial charge in [0.2, 0.25) is 0 Å². The van der Waals surface area contributed by atoms with Crippen molar-refractivity contribution in [3.05, 3.63) is 181 Å². The molecule has 0 spiro atoms. The summed E-state index contributed by atoms with van der Waals surface area (Å²) in [6.45, 7) is 0. The van der Waals surface area contributed by atoms with Gasteiger partial charge in [-0.25, -0.2) is 9.97 Å². The van der Waals surface area contributed by atoms with Crippen molar-refractivity contribution in [3.8, 4) is 56.0 Å². The van der Waals surface area contributed by atoms with Crippen molar-refractivity contribution in [2.24, 2.45) is 0 Å².